The molecule has 0 aliphatic carbocycles. The third-order valence-electron chi connectivity index (χ3n) is 7.04. The van der Waals surface area contributed by atoms with E-state index < -0.39 is 7.26 Å². The molecule has 38 heavy (non-hydrogen) atoms. The number of benzene rings is 4. The van der Waals surface area contributed by atoms with Gasteiger partial charge in [-0.1, -0.05) is 84.9 Å². The van der Waals surface area contributed by atoms with Gasteiger partial charge in [0.2, 0.25) is 0 Å². The van der Waals surface area contributed by atoms with Gasteiger partial charge in [-0.3, -0.25) is 4.98 Å². The van der Waals surface area contributed by atoms with E-state index in [1.165, 1.54) is 27.9 Å². The number of unbranched alkanes of at least 4 members (excludes halogenated alkanes) is 2. The molecule has 0 spiro atoms. The second-order valence-corrected chi connectivity index (χ2v) is 13.1. The van der Waals surface area contributed by atoms with Gasteiger partial charge in [-0.05, 0) is 79.8 Å². The van der Waals surface area contributed by atoms with Crippen molar-refractivity contribution in [3.63, 3.8) is 0 Å². The summed E-state index contributed by atoms with van der Waals surface area (Å²) in [6.07, 6.45) is 7.21. The van der Waals surface area contributed by atoms with Gasteiger partial charge in [-0.2, -0.15) is 0 Å². The van der Waals surface area contributed by atoms with Crippen LogP contribution >= 0.6 is 7.26 Å². The maximum absolute atomic E-state index is 6.40. The number of aromatic nitrogens is 1. The Hall–Kier alpha value is -3.74. The molecule has 190 valence electrons. The average Bonchev–Trinajstić information content (AvgIpc) is 3.00. The Bertz CT molecular complexity index is 1280. The Kier molecular flexibility index (Phi) is 8.98. The van der Waals surface area contributed by atoms with E-state index in [1.807, 2.05) is 12.3 Å². The van der Waals surface area contributed by atoms with Crippen molar-refractivity contribution in [2.24, 2.45) is 0 Å². The summed E-state index contributed by atoms with van der Waals surface area (Å²) in [6, 6.07) is 47.7. The Balaban J connectivity index is 1.39. The maximum Gasteiger partial charge on any atom is 0.144 e. The molecule has 0 saturated heterocycles. The van der Waals surface area contributed by atoms with Crippen molar-refractivity contribution in [2.45, 2.75) is 31.8 Å². The molecule has 0 bridgehead atoms. The molecule has 5 rings (SSSR count). The molecule has 1 aromatic heterocycles. The van der Waals surface area contributed by atoms with Crippen LogP contribution in [0.2, 0.25) is 0 Å². The van der Waals surface area contributed by atoms with E-state index in [0.717, 1.165) is 36.9 Å². The number of nitrogens with zero attached hydrogens (tertiary/aromatic N) is 1. The highest BCUT2D eigenvalue weighted by molar-refractivity contribution is 7.95. The fourth-order valence-electron chi connectivity index (χ4n) is 5.10. The third kappa shape index (κ3) is 6.21. The summed E-state index contributed by atoms with van der Waals surface area (Å²) >= 11 is 0. The molecule has 0 fully saturated rings. The first-order valence-corrected chi connectivity index (χ1v) is 15.5. The first kappa shape index (κ1) is 25.9. The minimum Gasteiger partial charge on any atom is -0.492 e. The Labute approximate surface area is 227 Å². The lowest BCUT2D eigenvalue weighted by molar-refractivity contribution is 0.301. The molecule has 0 saturated carbocycles. The lowest BCUT2D eigenvalue weighted by atomic mass is 10.1. The Morgan fingerprint density at radius 1 is 0.526 bits per heavy atom. The number of hydrogen-bond donors (Lipinski definition) is 0. The summed E-state index contributed by atoms with van der Waals surface area (Å²) in [4.78, 5) is 4.90. The van der Waals surface area contributed by atoms with Crippen molar-refractivity contribution >= 4 is 23.2 Å². The molecule has 1 heterocycles. The molecule has 0 aliphatic heterocycles. The minimum atomic E-state index is -2.03. The molecule has 0 amide bonds. The summed E-state index contributed by atoms with van der Waals surface area (Å²) in [6.45, 7) is 0.709. The van der Waals surface area contributed by atoms with Gasteiger partial charge in [0.15, 0.2) is 0 Å². The first-order valence-electron chi connectivity index (χ1n) is 13.5. The summed E-state index contributed by atoms with van der Waals surface area (Å²) in [5.41, 5.74) is 2.44. The van der Waals surface area contributed by atoms with E-state index in [4.69, 9.17) is 9.72 Å². The molecule has 0 N–H and O–H groups in total. The van der Waals surface area contributed by atoms with E-state index >= 15 is 0 Å². The fraction of sp³-hybridized carbons (Fsp3) is 0.171. The van der Waals surface area contributed by atoms with Crippen LogP contribution in [0.3, 0.4) is 0 Å². The summed E-state index contributed by atoms with van der Waals surface area (Å²) in [7, 11) is -2.03. The molecule has 5 aromatic rings. The third-order valence-corrected chi connectivity index (χ3v) is 11.3. The SMILES string of the molecule is c1ccc(CCCCCOc2cccnc2C[P+](c2ccccc2)(c2ccccc2)c2ccccc2)cc1. The lowest BCUT2D eigenvalue weighted by Crippen LogP contribution is -2.32. The smallest absolute Gasteiger partial charge is 0.144 e. The van der Waals surface area contributed by atoms with Crippen LogP contribution in [0.4, 0.5) is 0 Å². The van der Waals surface area contributed by atoms with Crippen molar-refractivity contribution in [1.29, 1.82) is 0 Å². The maximum atomic E-state index is 6.40. The van der Waals surface area contributed by atoms with Gasteiger partial charge in [-0.25, -0.2) is 0 Å². The van der Waals surface area contributed by atoms with Gasteiger partial charge in [0.05, 0.1) is 6.61 Å². The van der Waals surface area contributed by atoms with Crippen LogP contribution in [-0.2, 0) is 12.6 Å². The molecule has 4 aromatic carbocycles. The van der Waals surface area contributed by atoms with Gasteiger partial charge < -0.3 is 4.74 Å². The molecule has 0 aliphatic rings. The standard InChI is InChI=1S/C35H35NOP/c1-6-17-30(18-7-1)19-8-5-15-28-37-35-26-16-27-36-34(35)29-38(31-20-9-2-10-21-31,32-22-11-3-12-23-32)33-24-13-4-14-25-33/h1-4,6-7,9-14,16-18,20-27H,5,8,15,19,28-29H2/q+1. The van der Waals surface area contributed by atoms with Crippen molar-refractivity contribution in [2.75, 3.05) is 6.61 Å². The zero-order valence-corrected chi connectivity index (χ0v) is 22.7. The quantitative estimate of drug-likeness (QED) is 0.128. The van der Waals surface area contributed by atoms with Gasteiger partial charge in [-0.15, -0.1) is 0 Å². The van der Waals surface area contributed by atoms with E-state index in [1.54, 1.807) is 0 Å². The molecule has 3 heteroatoms. The van der Waals surface area contributed by atoms with Crippen LogP contribution in [0.1, 0.15) is 30.5 Å². The van der Waals surface area contributed by atoms with Crippen molar-refractivity contribution < 1.29 is 4.74 Å². The lowest BCUT2D eigenvalue weighted by Gasteiger charge is -2.28. The highest BCUT2D eigenvalue weighted by Crippen LogP contribution is 2.58. The number of ether oxygens (including phenoxy) is 1. The minimum absolute atomic E-state index is 0.709. The first-order chi connectivity index (χ1) is 18.9. The van der Waals surface area contributed by atoms with E-state index in [-0.39, 0.29) is 0 Å². The van der Waals surface area contributed by atoms with Crippen LogP contribution in [0, 0.1) is 0 Å². The normalized spacial score (nSPS) is 11.3. The highest BCUT2D eigenvalue weighted by Gasteiger charge is 2.46. The monoisotopic (exact) mass is 516 g/mol. The zero-order valence-electron chi connectivity index (χ0n) is 21.8. The van der Waals surface area contributed by atoms with Gasteiger partial charge in [0.25, 0.3) is 0 Å². The summed E-state index contributed by atoms with van der Waals surface area (Å²) in [5, 5.41) is 4.07. The molecular weight excluding hydrogens is 481 g/mol. The summed E-state index contributed by atoms with van der Waals surface area (Å²) in [5.74, 6) is 0.905. The second-order valence-electron chi connectivity index (χ2n) is 9.57. The van der Waals surface area contributed by atoms with Gasteiger partial charge in [0, 0.05) is 6.20 Å². The van der Waals surface area contributed by atoms with Crippen molar-refractivity contribution in [3.05, 3.63) is 151 Å². The predicted molar refractivity (Wildman–Crippen MR) is 163 cm³/mol. The van der Waals surface area contributed by atoms with Gasteiger partial charge in [0.1, 0.15) is 40.8 Å². The second kappa shape index (κ2) is 13.2. The van der Waals surface area contributed by atoms with Crippen LogP contribution in [0.15, 0.2) is 140 Å². The topological polar surface area (TPSA) is 22.1 Å². The Morgan fingerprint density at radius 3 is 1.61 bits per heavy atom. The van der Waals surface area contributed by atoms with E-state index in [9.17, 15) is 0 Å². The van der Waals surface area contributed by atoms with Crippen molar-refractivity contribution in [1.82, 2.24) is 4.98 Å². The molecular formula is C35H35NOP+. The van der Waals surface area contributed by atoms with Crippen LogP contribution in [0.5, 0.6) is 5.75 Å². The van der Waals surface area contributed by atoms with Gasteiger partial charge >= 0.3 is 0 Å². The number of pyridine rings is 1. The number of hydrogen-bond acceptors (Lipinski definition) is 2. The van der Waals surface area contributed by atoms with Crippen LogP contribution < -0.4 is 20.7 Å². The van der Waals surface area contributed by atoms with Crippen molar-refractivity contribution in [3.8, 4) is 5.75 Å². The largest absolute Gasteiger partial charge is 0.492 e. The molecule has 0 radical (unpaired) electrons. The van der Waals surface area contributed by atoms with Crippen LogP contribution in [0.25, 0.3) is 0 Å². The number of rotatable bonds is 12. The number of aryl methyl sites for hydroxylation is 1. The molecule has 0 unspecified atom stereocenters. The van der Waals surface area contributed by atoms with E-state index in [0.29, 0.717) is 6.61 Å². The highest BCUT2D eigenvalue weighted by atomic mass is 31.2. The molecule has 2 nitrogen and oxygen atoms in total. The fourth-order valence-corrected chi connectivity index (χ4v) is 9.27. The van der Waals surface area contributed by atoms with E-state index in [2.05, 4.69) is 127 Å². The van der Waals surface area contributed by atoms with Crippen LogP contribution in [-0.4, -0.2) is 11.6 Å². The molecule has 0 atom stereocenters. The Morgan fingerprint density at radius 2 is 1.05 bits per heavy atom. The summed E-state index contributed by atoms with van der Waals surface area (Å²) < 4.78 is 6.40. The predicted octanol–water partition coefficient (Wildman–Crippen LogP) is 7.37. The zero-order chi connectivity index (χ0) is 25.9. The average molecular weight is 517 g/mol.